The maximum absolute atomic E-state index is 11.7. The SMILES string of the molecule is CC(N)CC(=O)N1CCC(C(=O)O)C1C. The maximum Gasteiger partial charge on any atom is 0.308 e. The zero-order valence-electron chi connectivity index (χ0n) is 9.14. The van der Waals surface area contributed by atoms with Gasteiger partial charge in [-0.3, -0.25) is 9.59 Å². The number of aliphatic carboxylic acids is 1. The van der Waals surface area contributed by atoms with Crippen LogP contribution in [0.3, 0.4) is 0 Å². The largest absolute Gasteiger partial charge is 0.481 e. The lowest BCUT2D eigenvalue weighted by atomic mass is 10.0. The second-order valence-electron chi connectivity index (χ2n) is 4.24. The van der Waals surface area contributed by atoms with E-state index in [0.717, 1.165) is 0 Å². The second-order valence-corrected chi connectivity index (χ2v) is 4.24. The Morgan fingerprint density at radius 2 is 2.20 bits per heavy atom. The van der Waals surface area contributed by atoms with Crippen LogP contribution in [-0.4, -0.2) is 40.5 Å². The van der Waals surface area contributed by atoms with Crippen LogP contribution in [0.2, 0.25) is 0 Å². The Hall–Kier alpha value is -1.10. The highest BCUT2D eigenvalue weighted by Crippen LogP contribution is 2.24. The molecule has 1 heterocycles. The highest BCUT2D eigenvalue weighted by atomic mass is 16.4. The minimum Gasteiger partial charge on any atom is -0.481 e. The number of nitrogens with two attached hydrogens (primary N) is 1. The predicted octanol–water partition coefficient (Wildman–Crippen LogP) is 0.0453. The molecule has 0 aromatic rings. The summed E-state index contributed by atoms with van der Waals surface area (Å²) in [5.74, 6) is -1.29. The van der Waals surface area contributed by atoms with Crippen LogP contribution < -0.4 is 5.73 Å². The highest BCUT2D eigenvalue weighted by molar-refractivity contribution is 5.79. The zero-order valence-corrected chi connectivity index (χ0v) is 9.14. The van der Waals surface area contributed by atoms with Crippen LogP contribution in [0.25, 0.3) is 0 Å². The standard InChI is InChI=1S/C10H18N2O3/c1-6(11)5-9(13)12-4-3-8(7(12)2)10(14)15/h6-8H,3-5,11H2,1-2H3,(H,14,15). The monoisotopic (exact) mass is 214 g/mol. The summed E-state index contributed by atoms with van der Waals surface area (Å²) in [6.07, 6.45) is 0.831. The molecule has 3 atom stereocenters. The molecule has 0 aliphatic carbocycles. The lowest BCUT2D eigenvalue weighted by molar-refractivity contribution is -0.143. The number of carboxylic acid groups (broad SMARTS) is 1. The summed E-state index contributed by atoms with van der Waals surface area (Å²) in [6, 6.07) is -0.387. The smallest absolute Gasteiger partial charge is 0.308 e. The Morgan fingerprint density at radius 1 is 1.60 bits per heavy atom. The summed E-state index contributed by atoms with van der Waals surface area (Å²) < 4.78 is 0. The summed E-state index contributed by atoms with van der Waals surface area (Å²) in [5, 5.41) is 8.90. The minimum absolute atomic E-state index is 0.0405. The molecule has 0 aromatic heterocycles. The molecule has 0 bridgehead atoms. The summed E-state index contributed by atoms with van der Waals surface area (Å²) in [7, 11) is 0. The first kappa shape index (κ1) is 12.0. The van der Waals surface area contributed by atoms with E-state index in [1.54, 1.807) is 18.7 Å². The van der Waals surface area contributed by atoms with E-state index in [9.17, 15) is 9.59 Å². The summed E-state index contributed by atoms with van der Waals surface area (Å²) in [6.45, 7) is 4.09. The van der Waals surface area contributed by atoms with Crippen molar-refractivity contribution in [2.75, 3.05) is 6.54 Å². The van der Waals surface area contributed by atoms with Gasteiger partial charge in [-0.25, -0.2) is 0 Å². The van der Waals surface area contributed by atoms with E-state index in [1.807, 2.05) is 0 Å². The second kappa shape index (κ2) is 4.61. The Morgan fingerprint density at radius 3 is 2.60 bits per heavy atom. The molecule has 0 spiro atoms. The minimum atomic E-state index is -0.821. The molecule has 5 nitrogen and oxygen atoms in total. The van der Waals surface area contributed by atoms with Crippen molar-refractivity contribution in [1.82, 2.24) is 4.90 Å². The van der Waals surface area contributed by atoms with Crippen LogP contribution in [-0.2, 0) is 9.59 Å². The number of carboxylic acids is 1. The fraction of sp³-hybridized carbons (Fsp3) is 0.800. The van der Waals surface area contributed by atoms with Gasteiger partial charge in [-0.05, 0) is 20.3 Å². The van der Waals surface area contributed by atoms with E-state index in [4.69, 9.17) is 10.8 Å². The van der Waals surface area contributed by atoms with Crippen LogP contribution in [0, 0.1) is 5.92 Å². The fourth-order valence-corrected chi connectivity index (χ4v) is 2.01. The molecular formula is C10H18N2O3. The third-order valence-corrected chi connectivity index (χ3v) is 2.89. The van der Waals surface area contributed by atoms with Crippen LogP contribution in [0.15, 0.2) is 0 Å². The van der Waals surface area contributed by atoms with Gasteiger partial charge in [0.25, 0.3) is 0 Å². The average Bonchev–Trinajstić information content (AvgIpc) is 2.45. The van der Waals surface area contributed by atoms with Gasteiger partial charge in [-0.15, -0.1) is 0 Å². The molecule has 0 saturated carbocycles. The van der Waals surface area contributed by atoms with Crippen molar-refractivity contribution < 1.29 is 14.7 Å². The number of hydrogen-bond acceptors (Lipinski definition) is 3. The van der Waals surface area contributed by atoms with Crippen molar-refractivity contribution in [2.45, 2.75) is 38.8 Å². The number of carbonyl (C=O) groups excluding carboxylic acids is 1. The van der Waals surface area contributed by atoms with Crippen LogP contribution in [0.5, 0.6) is 0 Å². The highest BCUT2D eigenvalue weighted by Gasteiger charge is 2.37. The van der Waals surface area contributed by atoms with E-state index < -0.39 is 11.9 Å². The van der Waals surface area contributed by atoms with Gasteiger partial charge in [0.05, 0.1) is 5.92 Å². The summed E-state index contributed by atoms with van der Waals surface area (Å²) >= 11 is 0. The third-order valence-electron chi connectivity index (χ3n) is 2.89. The molecule has 3 N–H and O–H groups in total. The van der Waals surface area contributed by atoms with Gasteiger partial charge in [0.1, 0.15) is 0 Å². The van der Waals surface area contributed by atoms with E-state index in [0.29, 0.717) is 13.0 Å². The zero-order chi connectivity index (χ0) is 11.6. The number of rotatable bonds is 3. The topological polar surface area (TPSA) is 83.6 Å². The first-order valence-corrected chi connectivity index (χ1v) is 5.21. The lowest BCUT2D eigenvalue weighted by Crippen LogP contribution is -2.39. The molecule has 0 aromatic carbocycles. The summed E-state index contributed by atoms with van der Waals surface area (Å²) in [5.41, 5.74) is 5.54. The molecule has 1 saturated heterocycles. The molecule has 3 unspecified atom stereocenters. The predicted molar refractivity (Wildman–Crippen MR) is 55.2 cm³/mol. The van der Waals surface area contributed by atoms with Gasteiger partial charge < -0.3 is 15.7 Å². The maximum atomic E-state index is 11.7. The Balaban J connectivity index is 2.59. The fourth-order valence-electron chi connectivity index (χ4n) is 2.01. The molecule has 1 fully saturated rings. The van der Waals surface area contributed by atoms with Crippen molar-refractivity contribution in [1.29, 1.82) is 0 Å². The Labute approximate surface area is 89.2 Å². The first-order valence-electron chi connectivity index (χ1n) is 5.21. The van der Waals surface area contributed by atoms with E-state index in [2.05, 4.69) is 0 Å². The molecule has 1 aliphatic heterocycles. The molecule has 15 heavy (non-hydrogen) atoms. The molecule has 1 aliphatic rings. The van der Waals surface area contributed by atoms with Crippen LogP contribution >= 0.6 is 0 Å². The van der Waals surface area contributed by atoms with Crippen LogP contribution in [0.4, 0.5) is 0 Å². The normalized spacial score (nSPS) is 27.8. The first-order chi connectivity index (χ1) is 6.93. The quantitative estimate of drug-likeness (QED) is 0.695. The van der Waals surface area contributed by atoms with E-state index in [-0.39, 0.29) is 24.4 Å². The number of carbonyl (C=O) groups is 2. The lowest BCUT2D eigenvalue weighted by Gasteiger charge is -2.24. The third kappa shape index (κ3) is 2.68. The number of nitrogens with zero attached hydrogens (tertiary/aromatic N) is 1. The van der Waals surface area contributed by atoms with Gasteiger partial charge in [-0.1, -0.05) is 0 Å². The molecule has 1 rings (SSSR count). The molecular weight excluding hydrogens is 196 g/mol. The Bertz CT molecular complexity index is 265. The molecule has 1 amide bonds. The van der Waals surface area contributed by atoms with Crippen LogP contribution in [0.1, 0.15) is 26.7 Å². The van der Waals surface area contributed by atoms with Crippen molar-refractivity contribution in [3.8, 4) is 0 Å². The number of hydrogen-bond donors (Lipinski definition) is 2. The molecule has 86 valence electrons. The van der Waals surface area contributed by atoms with Crippen molar-refractivity contribution in [3.63, 3.8) is 0 Å². The van der Waals surface area contributed by atoms with Gasteiger partial charge in [-0.2, -0.15) is 0 Å². The van der Waals surface area contributed by atoms with Crippen molar-refractivity contribution >= 4 is 11.9 Å². The van der Waals surface area contributed by atoms with Crippen molar-refractivity contribution in [2.24, 2.45) is 11.7 Å². The van der Waals surface area contributed by atoms with E-state index >= 15 is 0 Å². The van der Waals surface area contributed by atoms with Gasteiger partial charge in [0.15, 0.2) is 0 Å². The summed E-state index contributed by atoms with van der Waals surface area (Å²) in [4.78, 5) is 24.2. The molecule has 5 heteroatoms. The van der Waals surface area contributed by atoms with Gasteiger partial charge in [0.2, 0.25) is 5.91 Å². The van der Waals surface area contributed by atoms with Gasteiger partial charge >= 0.3 is 5.97 Å². The Kier molecular flexibility index (Phi) is 3.68. The van der Waals surface area contributed by atoms with E-state index in [1.165, 1.54) is 0 Å². The molecule has 0 radical (unpaired) electrons. The number of likely N-dealkylation sites (tertiary alicyclic amines) is 1. The number of amides is 1. The average molecular weight is 214 g/mol. The van der Waals surface area contributed by atoms with Crippen molar-refractivity contribution in [3.05, 3.63) is 0 Å². The van der Waals surface area contributed by atoms with Gasteiger partial charge in [0, 0.05) is 25.0 Å².